The molecule has 0 spiro atoms. The van der Waals surface area contributed by atoms with Gasteiger partial charge in [0.15, 0.2) is 6.61 Å². The number of carbonyl (C=O) groups excluding carboxylic acids is 1. The van der Waals surface area contributed by atoms with Crippen LogP contribution >= 0.6 is 0 Å². The molecule has 280 valence electrons. The molecule has 1 heterocycles. The van der Waals surface area contributed by atoms with Gasteiger partial charge in [-0.2, -0.15) is 0 Å². The summed E-state index contributed by atoms with van der Waals surface area (Å²) in [6.07, 6.45) is 17.5. The number of allylic oxidation sites excluding steroid dienone is 1. The fourth-order valence-corrected chi connectivity index (χ4v) is 11.0. The molecule has 8 atom stereocenters. The minimum Gasteiger partial charge on any atom is -0.482 e. The third kappa shape index (κ3) is 7.46. The molecule has 0 amide bonds. The maximum atomic E-state index is 13.2. The topological polar surface area (TPSA) is 75.0 Å². The highest BCUT2D eigenvalue weighted by atomic mass is 16.6. The molecule has 7 rings (SSSR count). The van der Waals surface area contributed by atoms with Crippen LogP contribution in [0.1, 0.15) is 117 Å². The van der Waals surface area contributed by atoms with E-state index in [4.69, 9.17) is 18.6 Å². The van der Waals surface area contributed by atoms with E-state index in [1.54, 1.807) is 37.3 Å². The van der Waals surface area contributed by atoms with Crippen LogP contribution < -0.4 is 14.9 Å². The Morgan fingerprint density at radius 3 is 2.54 bits per heavy atom. The SMILES string of the molecule is Cc1oc2cc(OCC(=O)O[C@H]3CC[C@@]4(C)C(=CC[C@H]5[C@H]4CC[C@]4(C)C[C@@H]([C@@H](C)CCCC(C)C)CC[C@@H]54)C3)ccc2c(=O)c1Oc1ccccc1. The van der Waals surface area contributed by atoms with Crippen LogP contribution in [0.15, 0.2) is 69.4 Å². The van der Waals surface area contributed by atoms with Gasteiger partial charge < -0.3 is 18.6 Å². The first-order valence-electron chi connectivity index (χ1n) is 20.3. The molecule has 4 aliphatic rings. The van der Waals surface area contributed by atoms with Crippen LogP contribution in [-0.4, -0.2) is 18.7 Å². The summed E-state index contributed by atoms with van der Waals surface area (Å²) in [4.78, 5) is 26.2. The lowest BCUT2D eigenvalue weighted by Gasteiger charge is -2.61. The highest BCUT2D eigenvalue weighted by molar-refractivity contribution is 5.80. The molecular formula is C46H60O6. The maximum Gasteiger partial charge on any atom is 0.344 e. The zero-order valence-corrected chi connectivity index (χ0v) is 32.4. The van der Waals surface area contributed by atoms with Crippen molar-refractivity contribution in [1.29, 1.82) is 0 Å². The van der Waals surface area contributed by atoms with Crippen molar-refractivity contribution >= 4 is 16.9 Å². The number of fused-ring (bicyclic) bond motifs is 6. The van der Waals surface area contributed by atoms with Crippen LogP contribution in [0.4, 0.5) is 0 Å². The molecule has 4 aliphatic carbocycles. The molecule has 0 N–H and O–H groups in total. The van der Waals surface area contributed by atoms with Crippen molar-refractivity contribution < 1.29 is 23.4 Å². The van der Waals surface area contributed by atoms with E-state index in [0.717, 1.165) is 54.8 Å². The van der Waals surface area contributed by atoms with Gasteiger partial charge >= 0.3 is 5.97 Å². The van der Waals surface area contributed by atoms with Gasteiger partial charge in [0.25, 0.3) is 0 Å². The Morgan fingerprint density at radius 1 is 0.942 bits per heavy atom. The normalized spacial score (nSPS) is 30.4. The number of benzene rings is 2. The lowest BCUT2D eigenvalue weighted by atomic mass is 9.44. The number of hydrogen-bond acceptors (Lipinski definition) is 6. The zero-order chi connectivity index (χ0) is 36.6. The number of para-hydroxylation sites is 1. The largest absolute Gasteiger partial charge is 0.482 e. The van der Waals surface area contributed by atoms with E-state index in [-0.39, 0.29) is 35.3 Å². The molecule has 6 heteroatoms. The van der Waals surface area contributed by atoms with E-state index < -0.39 is 0 Å². The highest BCUT2D eigenvalue weighted by Crippen LogP contribution is 2.65. The first-order valence-corrected chi connectivity index (χ1v) is 20.3. The van der Waals surface area contributed by atoms with Crippen LogP contribution in [0.2, 0.25) is 0 Å². The Balaban J connectivity index is 0.933. The fraction of sp³-hybridized carbons (Fsp3) is 0.609. The molecule has 0 radical (unpaired) electrons. The predicted molar refractivity (Wildman–Crippen MR) is 207 cm³/mol. The van der Waals surface area contributed by atoms with Gasteiger partial charge in [-0.1, -0.05) is 83.7 Å². The molecular weight excluding hydrogens is 649 g/mol. The Bertz CT molecular complexity index is 1820. The number of aryl methyl sites for hydroxylation is 1. The Kier molecular flexibility index (Phi) is 10.7. The Morgan fingerprint density at radius 2 is 1.75 bits per heavy atom. The second-order valence-electron chi connectivity index (χ2n) is 17.8. The zero-order valence-electron chi connectivity index (χ0n) is 32.4. The van der Waals surface area contributed by atoms with Gasteiger partial charge in [-0.05, 0) is 129 Å². The quantitative estimate of drug-likeness (QED) is 0.146. The molecule has 2 aromatic carbocycles. The Hall–Kier alpha value is -3.54. The van der Waals surface area contributed by atoms with Crippen molar-refractivity contribution in [3.8, 4) is 17.2 Å². The number of hydrogen-bond donors (Lipinski definition) is 0. The third-order valence-electron chi connectivity index (χ3n) is 14.0. The van der Waals surface area contributed by atoms with Gasteiger partial charge in [0.1, 0.15) is 28.9 Å². The van der Waals surface area contributed by atoms with Crippen molar-refractivity contribution in [3.05, 3.63) is 76.2 Å². The van der Waals surface area contributed by atoms with Gasteiger partial charge in [-0.25, -0.2) is 4.79 Å². The van der Waals surface area contributed by atoms with E-state index in [0.29, 0.717) is 33.6 Å². The molecule has 0 unspecified atom stereocenters. The van der Waals surface area contributed by atoms with Crippen LogP contribution in [0.5, 0.6) is 17.2 Å². The lowest BCUT2D eigenvalue weighted by Crippen LogP contribution is -2.52. The molecule has 1 aromatic heterocycles. The summed E-state index contributed by atoms with van der Waals surface area (Å²) in [5.41, 5.74) is 2.34. The summed E-state index contributed by atoms with van der Waals surface area (Å²) in [6.45, 7) is 13.9. The maximum absolute atomic E-state index is 13.2. The first kappa shape index (κ1) is 36.8. The fourth-order valence-electron chi connectivity index (χ4n) is 11.0. The average Bonchev–Trinajstić information content (AvgIpc) is 3.12. The second kappa shape index (κ2) is 15.1. The standard InChI is InChI=1S/C46H60O6/c1-29(2)11-10-12-30(3)32-15-20-39-37-18-16-33-25-36(21-24-46(33,6)40(37)22-23-45(39,5)27-32)51-42(47)28-49-35-17-19-38-41(26-35)50-31(4)44(43(38)48)52-34-13-8-7-9-14-34/h7-9,13-14,16-17,19,26,29-30,32,36-37,39-40H,10-12,15,18,20-25,27-28H2,1-6H3/t30-,32-,36-,37+,39-,40+,45+,46-/m0/s1. The molecule has 0 aliphatic heterocycles. The predicted octanol–water partition coefficient (Wildman–Crippen LogP) is 11.6. The van der Waals surface area contributed by atoms with Gasteiger partial charge in [-0.3, -0.25) is 4.79 Å². The second-order valence-corrected chi connectivity index (χ2v) is 17.8. The van der Waals surface area contributed by atoms with Gasteiger partial charge in [0.05, 0.1) is 5.39 Å². The molecule has 3 aromatic rings. The summed E-state index contributed by atoms with van der Waals surface area (Å²) in [5, 5.41) is 0.386. The van der Waals surface area contributed by atoms with Gasteiger partial charge in [-0.15, -0.1) is 0 Å². The van der Waals surface area contributed by atoms with Crippen molar-refractivity contribution in [2.75, 3.05) is 6.61 Å². The Labute approximate surface area is 310 Å². The van der Waals surface area contributed by atoms with Crippen LogP contribution in [0.25, 0.3) is 11.0 Å². The summed E-state index contributed by atoms with van der Waals surface area (Å²) in [6, 6.07) is 14.1. The van der Waals surface area contributed by atoms with E-state index in [2.05, 4.69) is 40.7 Å². The monoisotopic (exact) mass is 708 g/mol. The summed E-state index contributed by atoms with van der Waals surface area (Å²) < 4.78 is 23.7. The van der Waals surface area contributed by atoms with Crippen molar-refractivity contribution in [1.82, 2.24) is 0 Å². The van der Waals surface area contributed by atoms with Crippen LogP contribution in [0, 0.1) is 53.3 Å². The molecule has 0 bridgehead atoms. The smallest absolute Gasteiger partial charge is 0.344 e. The minimum absolute atomic E-state index is 0.117. The van der Waals surface area contributed by atoms with E-state index >= 15 is 0 Å². The molecule has 6 nitrogen and oxygen atoms in total. The third-order valence-corrected chi connectivity index (χ3v) is 14.0. The summed E-state index contributed by atoms with van der Waals surface area (Å²) in [5.74, 6) is 6.09. The van der Waals surface area contributed by atoms with E-state index in [9.17, 15) is 9.59 Å². The van der Waals surface area contributed by atoms with Crippen molar-refractivity contribution in [2.45, 2.75) is 125 Å². The number of carbonyl (C=O) groups is 1. The molecule has 3 fully saturated rings. The molecule has 52 heavy (non-hydrogen) atoms. The summed E-state index contributed by atoms with van der Waals surface area (Å²) >= 11 is 0. The molecule has 0 saturated heterocycles. The number of ether oxygens (including phenoxy) is 3. The van der Waals surface area contributed by atoms with Crippen LogP contribution in [0.3, 0.4) is 0 Å². The first-order chi connectivity index (χ1) is 24.9. The number of esters is 1. The average molecular weight is 709 g/mol. The lowest BCUT2D eigenvalue weighted by molar-refractivity contribution is -0.154. The van der Waals surface area contributed by atoms with Crippen LogP contribution in [-0.2, 0) is 9.53 Å². The van der Waals surface area contributed by atoms with E-state index in [1.165, 1.54) is 63.4 Å². The van der Waals surface area contributed by atoms with E-state index in [1.807, 2.05) is 18.2 Å². The number of rotatable bonds is 11. The minimum atomic E-state index is -0.365. The van der Waals surface area contributed by atoms with Crippen molar-refractivity contribution in [2.24, 2.45) is 46.3 Å². The van der Waals surface area contributed by atoms with Gasteiger partial charge in [0, 0.05) is 12.5 Å². The molecule has 3 saturated carbocycles. The highest BCUT2D eigenvalue weighted by Gasteiger charge is 2.56. The summed E-state index contributed by atoms with van der Waals surface area (Å²) in [7, 11) is 0. The van der Waals surface area contributed by atoms with Crippen molar-refractivity contribution in [3.63, 3.8) is 0 Å². The van der Waals surface area contributed by atoms with Gasteiger partial charge in [0.2, 0.25) is 11.2 Å².